The fraction of sp³-hybridized carbons (Fsp3) is 0.375. The summed E-state index contributed by atoms with van der Waals surface area (Å²) < 4.78 is 40.6. The number of benzene rings is 1. The third-order valence-corrected chi connectivity index (χ3v) is 6.76. The van der Waals surface area contributed by atoms with Crippen LogP contribution in [0.25, 0.3) is 0 Å². The van der Waals surface area contributed by atoms with Crippen molar-refractivity contribution < 1.29 is 12.8 Å². The molecule has 0 spiro atoms. The minimum absolute atomic E-state index is 0.0576. The second-order valence-corrected chi connectivity index (χ2v) is 8.36. The van der Waals surface area contributed by atoms with Gasteiger partial charge in [0.25, 0.3) is 0 Å². The zero-order valence-electron chi connectivity index (χ0n) is 13.6. The predicted octanol–water partition coefficient (Wildman–Crippen LogP) is 2.73. The minimum atomic E-state index is -3.77. The first kappa shape index (κ1) is 18.0. The molecule has 0 atom stereocenters. The van der Waals surface area contributed by atoms with Crippen LogP contribution in [0.3, 0.4) is 0 Å². The topological polar surface area (TPSA) is 89.2 Å². The molecule has 1 aliphatic heterocycles. The highest BCUT2D eigenvalue weighted by Gasteiger charge is 2.32. The van der Waals surface area contributed by atoms with Gasteiger partial charge in [-0.15, -0.1) is 0 Å². The van der Waals surface area contributed by atoms with Gasteiger partial charge in [0.1, 0.15) is 10.7 Å². The SMILES string of the molecule is Cc1cc(S(=O)(=O)N2CCC(c3ccnc(N)n3)CC2)c(Cl)cc1F. The smallest absolute Gasteiger partial charge is 0.244 e. The first-order valence-corrected chi connectivity index (χ1v) is 9.65. The number of anilines is 1. The van der Waals surface area contributed by atoms with Crippen molar-refractivity contribution in [1.29, 1.82) is 0 Å². The fourth-order valence-electron chi connectivity index (χ4n) is 2.98. The summed E-state index contributed by atoms with van der Waals surface area (Å²) in [7, 11) is -3.77. The number of nitrogen functional groups attached to an aromatic ring is 1. The summed E-state index contributed by atoms with van der Waals surface area (Å²) in [5.41, 5.74) is 6.67. The van der Waals surface area contributed by atoms with Crippen LogP contribution in [0.15, 0.2) is 29.3 Å². The number of rotatable bonds is 3. The second-order valence-electron chi connectivity index (χ2n) is 6.05. The van der Waals surface area contributed by atoms with Crippen LogP contribution in [0.4, 0.5) is 10.3 Å². The lowest BCUT2D eigenvalue weighted by Crippen LogP contribution is -2.38. The maximum absolute atomic E-state index is 13.5. The minimum Gasteiger partial charge on any atom is -0.368 e. The van der Waals surface area contributed by atoms with Crippen molar-refractivity contribution in [1.82, 2.24) is 14.3 Å². The van der Waals surface area contributed by atoms with Crippen LogP contribution in [0.5, 0.6) is 0 Å². The van der Waals surface area contributed by atoms with Gasteiger partial charge < -0.3 is 5.73 Å². The van der Waals surface area contributed by atoms with Crippen LogP contribution in [0.2, 0.25) is 5.02 Å². The van der Waals surface area contributed by atoms with Crippen molar-refractivity contribution in [2.75, 3.05) is 18.8 Å². The number of aromatic nitrogens is 2. The quantitative estimate of drug-likeness (QED) is 0.878. The van der Waals surface area contributed by atoms with Crippen molar-refractivity contribution in [3.05, 3.63) is 46.5 Å². The number of aryl methyl sites for hydroxylation is 1. The van der Waals surface area contributed by atoms with Crippen molar-refractivity contribution >= 4 is 27.6 Å². The molecule has 1 aliphatic rings. The van der Waals surface area contributed by atoms with E-state index in [2.05, 4.69) is 9.97 Å². The Balaban J connectivity index is 1.79. The molecule has 2 N–H and O–H groups in total. The highest BCUT2D eigenvalue weighted by Crippen LogP contribution is 2.32. The molecule has 9 heteroatoms. The maximum atomic E-state index is 13.5. The van der Waals surface area contributed by atoms with Crippen LogP contribution < -0.4 is 5.73 Å². The molecule has 0 radical (unpaired) electrons. The van der Waals surface area contributed by atoms with Gasteiger partial charge >= 0.3 is 0 Å². The lowest BCUT2D eigenvalue weighted by atomic mass is 9.94. The summed E-state index contributed by atoms with van der Waals surface area (Å²) in [5.74, 6) is -0.188. The molecule has 134 valence electrons. The van der Waals surface area contributed by atoms with Gasteiger partial charge in [0, 0.05) is 30.9 Å². The van der Waals surface area contributed by atoms with Gasteiger partial charge in [-0.25, -0.2) is 22.8 Å². The van der Waals surface area contributed by atoms with Crippen molar-refractivity contribution in [3.63, 3.8) is 0 Å². The van der Waals surface area contributed by atoms with E-state index in [9.17, 15) is 12.8 Å². The molecule has 1 aromatic heterocycles. The Labute approximate surface area is 150 Å². The molecule has 0 amide bonds. The number of sulfonamides is 1. The fourth-order valence-corrected chi connectivity index (χ4v) is 5.02. The summed E-state index contributed by atoms with van der Waals surface area (Å²) >= 11 is 5.97. The van der Waals surface area contributed by atoms with Crippen molar-refractivity contribution in [3.8, 4) is 0 Å². The Morgan fingerprint density at radius 1 is 1.32 bits per heavy atom. The largest absolute Gasteiger partial charge is 0.368 e. The highest BCUT2D eigenvalue weighted by molar-refractivity contribution is 7.89. The Hall–Kier alpha value is -1.77. The second kappa shape index (κ2) is 6.86. The molecule has 0 bridgehead atoms. The normalized spacial score (nSPS) is 16.9. The number of nitrogens with zero attached hydrogens (tertiary/aromatic N) is 3. The summed E-state index contributed by atoms with van der Waals surface area (Å²) in [4.78, 5) is 8.02. The molecular weight excluding hydrogens is 367 g/mol. The number of nitrogens with two attached hydrogens (primary N) is 1. The van der Waals surface area contributed by atoms with E-state index in [0.717, 1.165) is 11.8 Å². The molecule has 3 rings (SSSR count). The third kappa shape index (κ3) is 3.61. The molecule has 0 aliphatic carbocycles. The lowest BCUT2D eigenvalue weighted by Gasteiger charge is -2.31. The Kier molecular flexibility index (Phi) is 4.95. The number of hydrogen-bond acceptors (Lipinski definition) is 5. The molecule has 2 aromatic rings. The predicted molar refractivity (Wildman–Crippen MR) is 93.3 cm³/mol. The number of hydrogen-bond donors (Lipinski definition) is 1. The molecular formula is C16H18ClFN4O2S. The van der Waals surface area contributed by atoms with E-state index in [1.54, 1.807) is 12.3 Å². The maximum Gasteiger partial charge on any atom is 0.244 e. The zero-order valence-corrected chi connectivity index (χ0v) is 15.2. The van der Waals surface area contributed by atoms with E-state index in [4.69, 9.17) is 17.3 Å². The standard InChI is InChI=1S/C16H18ClFN4O2S/c1-10-8-15(12(17)9-13(10)18)25(23,24)22-6-3-11(4-7-22)14-2-5-20-16(19)21-14/h2,5,8-9,11H,3-4,6-7H2,1H3,(H2,19,20,21). The first-order valence-electron chi connectivity index (χ1n) is 7.83. The Morgan fingerprint density at radius 3 is 2.64 bits per heavy atom. The summed E-state index contributed by atoms with van der Waals surface area (Å²) in [5, 5.41) is -0.103. The average Bonchev–Trinajstić information content (AvgIpc) is 2.58. The van der Waals surface area contributed by atoms with Crippen LogP contribution in [-0.2, 0) is 10.0 Å². The van der Waals surface area contributed by atoms with Crippen LogP contribution >= 0.6 is 11.6 Å². The molecule has 1 fully saturated rings. The monoisotopic (exact) mass is 384 g/mol. The van der Waals surface area contributed by atoms with Crippen LogP contribution in [-0.4, -0.2) is 35.8 Å². The van der Waals surface area contributed by atoms with Crippen LogP contribution in [0, 0.1) is 12.7 Å². The third-order valence-electron chi connectivity index (χ3n) is 4.40. The molecule has 6 nitrogen and oxygen atoms in total. The lowest BCUT2D eigenvalue weighted by molar-refractivity contribution is 0.316. The number of halogens is 2. The van der Waals surface area contributed by atoms with Gasteiger partial charge in [0.05, 0.1) is 5.02 Å². The average molecular weight is 385 g/mol. The van der Waals surface area contributed by atoms with Crippen LogP contribution in [0.1, 0.15) is 30.0 Å². The van der Waals surface area contributed by atoms with Gasteiger partial charge in [-0.3, -0.25) is 0 Å². The van der Waals surface area contributed by atoms with E-state index >= 15 is 0 Å². The molecule has 2 heterocycles. The van der Waals surface area contributed by atoms with Crippen molar-refractivity contribution in [2.45, 2.75) is 30.6 Å². The summed E-state index contributed by atoms with van der Waals surface area (Å²) in [6, 6.07) is 4.12. The van der Waals surface area contributed by atoms with Gasteiger partial charge in [0.15, 0.2) is 0 Å². The van der Waals surface area contributed by atoms with E-state index < -0.39 is 15.8 Å². The summed E-state index contributed by atoms with van der Waals surface area (Å²) in [6.45, 7) is 2.18. The molecule has 0 saturated carbocycles. The van der Waals surface area contributed by atoms with Gasteiger partial charge in [-0.1, -0.05) is 11.6 Å². The molecule has 1 aromatic carbocycles. The van der Waals surface area contributed by atoms with Gasteiger partial charge in [-0.2, -0.15) is 4.31 Å². The van der Waals surface area contributed by atoms with Gasteiger partial charge in [0.2, 0.25) is 16.0 Å². The zero-order chi connectivity index (χ0) is 18.2. The first-order chi connectivity index (χ1) is 11.8. The van der Waals surface area contributed by atoms with E-state index in [-0.39, 0.29) is 27.3 Å². The molecule has 0 unspecified atom stereocenters. The molecule has 25 heavy (non-hydrogen) atoms. The van der Waals surface area contributed by atoms with Gasteiger partial charge in [-0.05, 0) is 43.5 Å². The molecule has 1 saturated heterocycles. The summed E-state index contributed by atoms with van der Waals surface area (Å²) in [6.07, 6.45) is 2.84. The Bertz CT molecular complexity index is 899. The highest BCUT2D eigenvalue weighted by atomic mass is 35.5. The van der Waals surface area contributed by atoms with E-state index in [1.165, 1.54) is 17.3 Å². The van der Waals surface area contributed by atoms with E-state index in [0.29, 0.717) is 25.9 Å². The van der Waals surface area contributed by atoms with Crippen molar-refractivity contribution in [2.24, 2.45) is 0 Å². The Morgan fingerprint density at radius 2 is 2.00 bits per heavy atom. The number of piperidine rings is 1. The van der Waals surface area contributed by atoms with E-state index in [1.807, 2.05) is 0 Å².